The molecule has 4 aromatic rings. The van der Waals surface area contributed by atoms with Gasteiger partial charge in [-0.15, -0.1) is 0 Å². The highest BCUT2D eigenvalue weighted by molar-refractivity contribution is 5.76. The average molecular weight is 332 g/mol. The monoisotopic (exact) mass is 332 g/mol. The van der Waals surface area contributed by atoms with Gasteiger partial charge in [-0.2, -0.15) is 0 Å². The molecule has 0 saturated heterocycles. The molecule has 0 atom stereocenters. The van der Waals surface area contributed by atoms with Gasteiger partial charge >= 0.3 is 6.16 Å². The molecule has 25 heavy (non-hydrogen) atoms. The third kappa shape index (κ3) is 1.76. The summed E-state index contributed by atoms with van der Waals surface area (Å²) in [5.74, 6) is 0.763. The minimum atomic E-state index is -1.83. The molecule has 0 N–H and O–H groups in total. The zero-order chi connectivity index (χ0) is 16.4. The molecule has 1 spiro atoms. The molecule has 0 radical (unpaired) electrons. The van der Waals surface area contributed by atoms with E-state index in [4.69, 9.17) is 18.9 Å². The summed E-state index contributed by atoms with van der Waals surface area (Å²) in [5, 5.41) is 0. The summed E-state index contributed by atoms with van der Waals surface area (Å²) in [6.45, 7) is 0. The second-order valence-electron chi connectivity index (χ2n) is 5.55. The van der Waals surface area contributed by atoms with Crippen molar-refractivity contribution in [2.75, 3.05) is 0 Å². The standard InChI is InChI=1S/C17H8N4O4/c1-2-6-10-9(5-1)18-13-14(19-10)23-17(22-13)24-15-16(25-17)21-12-8-4-3-7-11(12)20-15/h1-8H. The Morgan fingerprint density at radius 2 is 0.760 bits per heavy atom. The van der Waals surface area contributed by atoms with Crippen molar-refractivity contribution in [2.45, 2.75) is 6.16 Å². The van der Waals surface area contributed by atoms with E-state index < -0.39 is 6.16 Å². The highest BCUT2D eigenvalue weighted by Crippen LogP contribution is 2.45. The number of nitrogens with zero attached hydrogens (tertiary/aromatic N) is 4. The fourth-order valence-electron chi connectivity index (χ4n) is 2.80. The van der Waals surface area contributed by atoms with Crippen molar-refractivity contribution >= 4 is 22.1 Å². The summed E-state index contributed by atoms with van der Waals surface area (Å²) in [4.78, 5) is 17.5. The summed E-state index contributed by atoms with van der Waals surface area (Å²) in [7, 11) is 0. The van der Waals surface area contributed by atoms with Gasteiger partial charge in [0.1, 0.15) is 0 Å². The van der Waals surface area contributed by atoms with Crippen LogP contribution in [0.15, 0.2) is 48.5 Å². The number of hydrogen-bond acceptors (Lipinski definition) is 8. The molecule has 0 bridgehead atoms. The number of fused-ring (bicyclic) bond motifs is 4. The maximum atomic E-state index is 5.65. The number of rotatable bonds is 0. The van der Waals surface area contributed by atoms with Crippen LogP contribution in [-0.4, -0.2) is 26.1 Å². The van der Waals surface area contributed by atoms with E-state index in [1.165, 1.54) is 0 Å². The van der Waals surface area contributed by atoms with E-state index in [-0.39, 0.29) is 23.5 Å². The second-order valence-corrected chi connectivity index (χ2v) is 5.55. The lowest BCUT2D eigenvalue weighted by atomic mass is 10.3. The Kier molecular flexibility index (Phi) is 2.15. The molecule has 0 amide bonds. The molecule has 0 fully saturated rings. The van der Waals surface area contributed by atoms with Gasteiger partial charge in [-0.25, -0.2) is 19.9 Å². The number of benzene rings is 2. The van der Waals surface area contributed by atoms with Crippen LogP contribution in [0, 0.1) is 0 Å². The summed E-state index contributed by atoms with van der Waals surface area (Å²) in [6, 6.07) is 14.8. The zero-order valence-electron chi connectivity index (χ0n) is 12.5. The Morgan fingerprint density at radius 1 is 0.480 bits per heavy atom. The molecule has 6 rings (SSSR count). The van der Waals surface area contributed by atoms with Gasteiger partial charge in [-0.1, -0.05) is 24.3 Å². The topological polar surface area (TPSA) is 88.5 Å². The molecule has 4 heterocycles. The van der Waals surface area contributed by atoms with Crippen LogP contribution in [0.1, 0.15) is 0 Å². The molecule has 0 unspecified atom stereocenters. The first-order valence-electron chi connectivity index (χ1n) is 7.58. The largest absolute Gasteiger partial charge is 0.616 e. The predicted octanol–water partition coefficient (Wildman–Crippen LogP) is 2.43. The van der Waals surface area contributed by atoms with Crippen LogP contribution >= 0.6 is 0 Å². The smallest absolute Gasteiger partial charge is 0.362 e. The van der Waals surface area contributed by atoms with Gasteiger partial charge in [0.15, 0.2) is 0 Å². The van der Waals surface area contributed by atoms with Crippen LogP contribution in [0.25, 0.3) is 22.1 Å². The Bertz CT molecular complexity index is 994. The van der Waals surface area contributed by atoms with Crippen molar-refractivity contribution in [3.05, 3.63) is 48.5 Å². The minimum Gasteiger partial charge on any atom is -0.362 e. The van der Waals surface area contributed by atoms with Crippen LogP contribution in [0.3, 0.4) is 0 Å². The van der Waals surface area contributed by atoms with Crippen LogP contribution in [0.4, 0.5) is 0 Å². The van der Waals surface area contributed by atoms with Gasteiger partial charge in [0, 0.05) is 0 Å². The first-order valence-corrected chi connectivity index (χ1v) is 7.58. The maximum Gasteiger partial charge on any atom is 0.616 e. The molecular formula is C17H8N4O4. The Hall–Kier alpha value is -3.68. The number of para-hydroxylation sites is 4. The van der Waals surface area contributed by atoms with Crippen molar-refractivity contribution in [3.63, 3.8) is 0 Å². The Balaban J connectivity index is 1.43. The SMILES string of the molecule is c1ccc2nc3c(nc2c1)OC1(O3)Oc2nc3ccccc3nc2O1. The Labute approximate surface area is 140 Å². The number of ether oxygens (including phenoxy) is 4. The van der Waals surface area contributed by atoms with Gasteiger partial charge in [0.2, 0.25) is 0 Å². The van der Waals surface area contributed by atoms with Gasteiger partial charge in [0.05, 0.1) is 22.1 Å². The lowest BCUT2D eigenvalue weighted by Gasteiger charge is -2.15. The van der Waals surface area contributed by atoms with Crippen molar-refractivity contribution in [3.8, 4) is 23.5 Å². The highest BCUT2D eigenvalue weighted by Gasteiger charge is 2.57. The fraction of sp³-hybridized carbons (Fsp3) is 0.0588. The van der Waals surface area contributed by atoms with E-state index in [9.17, 15) is 0 Å². The van der Waals surface area contributed by atoms with Gasteiger partial charge in [-0.05, 0) is 24.3 Å². The molecule has 120 valence electrons. The van der Waals surface area contributed by atoms with E-state index in [1.54, 1.807) is 0 Å². The third-order valence-electron chi connectivity index (χ3n) is 3.90. The van der Waals surface area contributed by atoms with Gasteiger partial charge < -0.3 is 18.9 Å². The molecular weight excluding hydrogens is 324 g/mol. The maximum absolute atomic E-state index is 5.65. The van der Waals surface area contributed by atoms with Crippen LogP contribution < -0.4 is 18.9 Å². The first-order chi connectivity index (χ1) is 12.3. The first kappa shape index (κ1) is 12.7. The number of aromatic nitrogens is 4. The van der Waals surface area contributed by atoms with Crippen LogP contribution in [-0.2, 0) is 0 Å². The molecule has 2 aliphatic heterocycles. The normalized spacial score (nSPS) is 16.0. The molecule has 2 aromatic heterocycles. The molecule has 2 aromatic carbocycles. The van der Waals surface area contributed by atoms with E-state index in [1.807, 2.05) is 48.5 Å². The van der Waals surface area contributed by atoms with E-state index in [2.05, 4.69) is 19.9 Å². The van der Waals surface area contributed by atoms with Crippen LogP contribution in [0.2, 0.25) is 0 Å². The lowest BCUT2D eigenvalue weighted by molar-refractivity contribution is -0.333. The third-order valence-corrected chi connectivity index (χ3v) is 3.90. The quantitative estimate of drug-likeness (QED) is 0.485. The lowest BCUT2D eigenvalue weighted by Crippen LogP contribution is -2.47. The summed E-state index contributed by atoms with van der Waals surface area (Å²) in [5.41, 5.74) is 2.72. The molecule has 2 aliphatic rings. The molecule has 0 saturated carbocycles. The summed E-state index contributed by atoms with van der Waals surface area (Å²) in [6.07, 6.45) is -1.83. The van der Waals surface area contributed by atoms with E-state index in [0.29, 0.717) is 22.1 Å². The van der Waals surface area contributed by atoms with Gasteiger partial charge in [-0.3, -0.25) is 0 Å². The van der Waals surface area contributed by atoms with Crippen LogP contribution in [0.5, 0.6) is 23.5 Å². The highest BCUT2D eigenvalue weighted by atomic mass is 17.0. The van der Waals surface area contributed by atoms with Crippen molar-refractivity contribution < 1.29 is 18.9 Å². The fourth-order valence-corrected chi connectivity index (χ4v) is 2.80. The minimum absolute atomic E-state index is 0.191. The number of hydrogen-bond donors (Lipinski definition) is 0. The molecule has 8 heteroatoms. The van der Waals surface area contributed by atoms with Gasteiger partial charge in [0.25, 0.3) is 23.5 Å². The predicted molar refractivity (Wildman–Crippen MR) is 84.3 cm³/mol. The van der Waals surface area contributed by atoms with Crippen molar-refractivity contribution in [1.82, 2.24) is 19.9 Å². The summed E-state index contributed by atoms with van der Waals surface area (Å²) < 4.78 is 22.6. The second kappa shape index (κ2) is 4.23. The van der Waals surface area contributed by atoms with E-state index in [0.717, 1.165) is 0 Å². The van der Waals surface area contributed by atoms with Crippen molar-refractivity contribution in [2.24, 2.45) is 0 Å². The molecule has 0 aliphatic carbocycles. The molecule has 8 nitrogen and oxygen atoms in total. The Morgan fingerprint density at radius 3 is 1.04 bits per heavy atom. The zero-order valence-corrected chi connectivity index (χ0v) is 12.5. The van der Waals surface area contributed by atoms with Crippen molar-refractivity contribution in [1.29, 1.82) is 0 Å². The summed E-state index contributed by atoms with van der Waals surface area (Å²) >= 11 is 0. The van der Waals surface area contributed by atoms with E-state index >= 15 is 0 Å². The average Bonchev–Trinajstić information content (AvgIpc) is 3.14.